The summed E-state index contributed by atoms with van der Waals surface area (Å²) in [5, 5.41) is 0. The van der Waals surface area contributed by atoms with E-state index in [-0.39, 0.29) is 17.5 Å². The molecule has 1 amide bonds. The summed E-state index contributed by atoms with van der Waals surface area (Å²) < 4.78 is 38.8. The third-order valence-electron chi connectivity index (χ3n) is 5.19. The molecule has 1 aliphatic rings. The van der Waals surface area contributed by atoms with Gasteiger partial charge in [0.15, 0.2) is 11.1 Å². The molecule has 1 unspecified atom stereocenters. The van der Waals surface area contributed by atoms with Gasteiger partial charge in [0.25, 0.3) is 5.91 Å². The van der Waals surface area contributed by atoms with Crippen molar-refractivity contribution in [3.8, 4) is 5.75 Å². The molecule has 31 heavy (non-hydrogen) atoms. The standard InChI is InChI=1S/C24H20FNO4S/c1-30-21-12-6-18(7-13-21)23-22(17-4-2-16(3-5-17)15-31(28)29)14-26(24(23)27)20-10-8-19(25)9-11-20/h2-13H,14-15H2,1H3,(H,28,29). The summed E-state index contributed by atoms with van der Waals surface area (Å²) >= 11 is -1.92. The Hall–Kier alpha value is -3.29. The molecule has 3 aromatic rings. The Morgan fingerprint density at radius 2 is 1.58 bits per heavy atom. The molecule has 7 heteroatoms. The molecule has 0 radical (unpaired) electrons. The molecule has 158 valence electrons. The molecule has 0 spiro atoms. The first-order chi connectivity index (χ1) is 15.0. The average molecular weight is 437 g/mol. The highest BCUT2D eigenvalue weighted by molar-refractivity contribution is 7.78. The quantitative estimate of drug-likeness (QED) is 0.576. The fraction of sp³-hybridized carbons (Fsp3) is 0.125. The fourth-order valence-corrected chi connectivity index (χ4v) is 4.12. The number of rotatable bonds is 6. The smallest absolute Gasteiger partial charge is 0.259 e. The first-order valence-electron chi connectivity index (χ1n) is 9.58. The Bertz CT molecular complexity index is 1160. The molecule has 0 saturated carbocycles. The predicted molar refractivity (Wildman–Crippen MR) is 119 cm³/mol. The maximum atomic E-state index is 13.4. The molecular formula is C24H20FNO4S. The highest BCUT2D eigenvalue weighted by Gasteiger charge is 2.33. The zero-order chi connectivity index (χ0) is 22.0. The molecule has 0 bridgehead atoms. The number of nitrogens with zero attached hydrogens (tertiary/aromatic N) is 1. The van der Waals surface area contributed by atoms with Gasteiger partial charge < -0.3 is 14.2 Å². The number of ether oxygens (including phenoxy) is 1. The molecule has 1 aliphatic heterocycles. The lowest BCUT2D eigenvalue weighted by Crippen LogP contribution is -2.26. The molecular weight excluding hydrogens is 417 g/mol. The number of benzene rings is 3. The lowest BCUT2D eigenvalue weighted by molar-refractivity contribution is -0.112. The Morgan fingerprint density at radius 1 is 0.968 bits per heavy atom. The van der Waals surface area contributed by atoms with Crippen LogP contribution < -0.4 is 9.64 Å². The molecule has 4 rings (SSSR count). The first kappa shape index (κ1) is 21.0. The van der Waals surface area contributed by atoms with E-state index in [0.717, 1.165) is 22.3 Å². The van der Waals surface area contributed by atoms with Crippen LogP contribution in [0.2, 0.25) is 0 Å². The maximum Gasteiger partial charge on any atom is 0.259 e. The summed E-state index contributed by atoms with van der Waals surface area (Å²) in [5.74, 6) is 0.196. The van der Waals surface area contributed by atoms with E-state index in [1.54, 1.807) is 48.4 Å². The third-order valence-corrected chi connectivity index (χ3v) is 5.77. The molecule has 3 aromatic carbocycles. The average Bonchev–Trinajstić information content (AvgIpc) is 3.11. The minimum atomic E-state index is -1.92. The topological polar surface area (TPSA) is 66.8 Å². The lowest BCUT2D eigenvalue weighted by Gasteiger charge is -2.17. The van der Waals surface area contributed by atoms with Crippen molar-refractivity contribution in [2.75, 3.05) is 18.6 Å². The van der Waals surface area contributed by atoms with Gasteiger partial charge >= 0.3 is 0 Å². The van der Waals surface area contributed by atoms with Crippen molar-refractivity contribution in [2.45, 2.75) is 5.75 Å². The molecule has 0 aromatic heterocycles. The fourth-order valence-electron chi connectivity index (χ4n) is 3.64. The van der Waals surface area contributed by atoms with Crippen LogP contribution in [0.1, 0.15) is 16.7 Å². The van der Waals surface area contributed by atoms with Gasteiger partial charge in [-0.05, 0) is 58.7 Å². The zero-order valence-corrected chi connectivity index (χ0v) is 17.6. The zero-order valence-electron chi connectivity index (χ0n) is 16.7. The number of methoxy groups -OCH3 is 1. The van der Waals surface area contributed by atoms with Crippen LogP contribution in [0.3, 0.4) is 0 Å². The van der Waals surface area contributed by atoms with Gasteiger partial charge in [-0.25, -0.2) is 8.60 Å². The second kappa shape index (κ2) is 8.83. The van der Waals surface area contributed by atoms with Crippen LogP contribution in [0.25, 0.3) is 11.1 Å². The molecule has 0 fully saturated rings. The number of carbonyl (C=O) groups is 1. The second-order valence-corrected chi connectivity index (χ2v) is 8.04. The SMILES string of the molecule is COc1ccc(C2=C(c3ccc(CS(=O)O)cc3)CN(c3ccc(F)cc3)C2=O)cc1. The summed E-state index contributed by atoms with van der Waals surface area (Å²) in [4.78, 5) is 15.0. The van der Waals surface area contributed by atoms with Crippen LogP contribution in [0.4, 0.5) is 10.1 Å². The summed E-state index contributed by atoms with van der Waals surface area (Å²) in [6.45, 7) is 0.330. The van der Waals surface area contributed by atoms with Gasteiger partial charge in [0, 0.05) is 5.69 Å². The third kappa shape index (κ3) is 4.42. The van der Waals surface area contributed by atoms with Crippen molar-refractivity contribution in [3.63, 3.8) is 0 Å². The van der Waals surface area contributed by atoms with Crippen molar-refractivity contribution < 1.29 is 22.7 Å². The van der Waals surface area contributed by atoms with E-state index in [0.29, 0.717) is 23.6 Å². The number of anilines is 1. The minimum Gasteiger partial charge on any atom is -0.497 e. The van der Waals surface area contributed by atoms with Crippen molar-refractivity contribution in [1.29, 1.82) is 0 Å². The minimum absolute atomic E-state index is 0.0469. The molecule has 0 saturated heterocycles. The number of amides is 1. The van der Waals surface area contributed by atoms with Gasteiger partial charge in [-0.15, -0.1) is 0 Å². The van der Waals surface area contributed by atoms with Gasteiger partial charge in [-0.2, -0.15) is 0 Å². The van der Waals surface area contributed by atoms with Crippen LogP contribution >= 0.6 is 0 Å². The highest BCUT2D eigenvalue weighted by atomic mass is 32.2. The summed E-state index contributed by atoms with van der Waals surface area (Å²) in [6.07, 6.45) is 0. The van der Waals surface area contributed by atoms with Gasteiger partial charge in [0.1, 0.15) is 11.6 Å². The molecule has 1 atom stereocenters. The van der Waals surface area contributed by atoms with Gasteiger partial charge in [0.2, 0.25) is 0 Å². The molecule has 5 nitrogen and oxygen atoms in total. The maximum absolute atomic E-state index is 13.4. The Morgan fingerprint density at radius 3 is 2.16 bits per heavy atom. The van der Waals surface area contributed by atoms with Crippen LogP contribution in [-0.4, -0.2) is 28.3 Å². The number of hydrogen-bond donors (Lipinski definition) is 1. The van der Waals surface area contributed by atoms with Gasteiger partial charge in [-0.1, -0.05) is 36.4 Å². The number of hydrogen-bond acceptors (Lipinski definition) is 3. The van der Waals surface area contributed by atoms with E-state index < -0.39 is 11.1 Å². The Kier molecular flexibility index (Phi) is 5.97. The van der Waals surface area contributed by atoms with Gasteiger partial charge in [0.05, 0.1) is 25.0 Å². The van der Waals surface area contributed by atoms with Crippen molar-refractivity contribution in [3.05, 3.63) is 95.3 Å². The summed E-state index contributed by atoms with van der Waals surface area (Å²) in [5.41, 5.74) is 4.33. The summed E-state index contributed by atoms with van der Waals surface area (Å²) in [7, 11) is 1.58. The first-order valence-corrected chi connectivity index (χ1v) is 10.9. The van der Waals surface area contributed by atoms with Crippen LogP contribution in [-0.2, 0) is 21.6 Å². The van der Waals surface area contributed by atoms with Gasteiger partial charge in [-0.3, -0.25) is 4.79 Å². The van der Waals surface area contributed by atoms with E-state index in [2.05, 4.69) is 0 Å². The van der Waals surface area contributed by atoms with E-state index >= 15 is 0 Å². The van der Waals surface area contributed by atoms with Crippen LogP contribution in [0, 0.1) is 5.82 Å². The van der Waals surface area contributed by atoms with Crippen LogP contribution in [0.15, 0.2) is 72.8 Å². The van der Waals surface area contributed by atoms with Crippen LogP contribution in [0.5, 0.6) is 5.75 Å². The largest absolute Gasteiger partial charge is 0.497 e. The Balaban J connectivity index is 1.77. The van der Waals surface area contributed by atoms with E-state index in [9.17, 15) is 13.4 Å². The molecule has 0 aliphatic carbocycles. The van der Waals surface area contributed by atoms with E-state index in [4.69, 9.17) is 9.29 Å². The van der Waals surface area contributed by atoms with E-state index in [1.807, 2.05) is 24.3 Å². The van der Waals surface area contributed by atoms with Crippen molar-refractivity contribution in [2.24, 2.45) is 0 Å². The van der Waals surface area contributed by atoms with Crippen molar-refractivity contribution in [1.82, 2.24) is 0 Å². The van der Waals surface area contributed by atoms with Crippen molar-refractivity contribution >= 4 is 33.8 Å². The monoisotopic (exact) mass is 437 g/mol. The van der Waals surface area contributed by atoms with E-state index in [1.165, 1.54) is 12.1 Å². The summed E-state index contributed by atoms with van der Waals surface area (Å²) in [6, 6.07) is 20.4. The Labute approximate surface area is 182 Å². The number of halogens is 1. The normalized spacial score (nSPS) is 14.8. The molecule has 1 heterocycles. The predicted octanol–water partition coefficient (Wildman–Crippen LogP) is 4.51. The number of carbonyl (C=O) groups excluding carboxylic acids is 1. The molecule has 1 N–H and O–H groups in total. The highest BCUT2D eigenvalue weighted by Crippen LogP contribution is 2.37. The lowest BCUT2D eigenvalue weighted by atomic mass is 9.96. The second-order valence-electron chi connectivity index (χ2n) is 7.11.